The molecule has 144 valence electrons. The van der Waals surface area contributed by atoms with Crippen LogP contribution in [0.2, 0.25) is 0 Å². The fourth-order valence-electron chi connectivity index (χ4n) is 2.68. The molecule has 0 unspecified atom stereocenters. The molecule has 0 fully saturated rings. The van der Waals surface area contributed by atoms with Crippen LogP contribution in [0.15, 0.2) is 121 Å². The minimum absolute atomic E-state index is 0.962. The summed E-state index contributed by atoms with van der Waals surface area (Å²) in [4.78, 5) is 0. The molecule has 0 aliphatic carbocycles. The lowest BCUT2D eigenvalue weighted by molar-refractivity contribution is 1.39. The first-order valence-corrected chi connectivity index (χ1v) is 9.48. The molecule has 0 spiro atoms. The van der Waals surface area contributed by atoms with E-state index in [1.807, 2.05) is 32.1 Å². The van der Waals surface area contributed by atoms with Gasteiger partial charge < -0.3 is 0 Å². The number of hydrogen-bond donors (Lipinski definition) is 0. The maximum absolute atomic E-state index is 4.12. The van der Waals surface area contributed by atoms with E-state index in [9.17, 15) is 0 Å². The van der Waals surface area contributed by atoms with Crippen LogP contribution >= 0.6 is 0 Å². The summed E-state index contributed by atoms with van der Waals surface area (Å²) in [6, 6.07) is 8.49. The lowest BCUT2D eigenvalue weighted by Crippen LogP contribution is -1.90. The smallest absolute Gasteiger partial charge is 0.0187 e. The van der Waals surface area contributed by atoms with Gasteiger partial charge in [-0.1, -0.05) is 98.7 Å². The first-order chi connectivity index (χ1) is 13.4. The van der Waals surface area contributed by atoms with Crippen LogP contribution in [0.3, 0.4) is 0 Å². The van der Waals surface area contributed by atoms with Crippen molar-refractivity contribution >= 4 is 11.1 Å². The summed E-state index contributed by atoms with van der Waals surface area (Å²) >= 11 is 0. The topological polar surface area (TPSA) is 0 Å². The number of hydrogen-bond acceptors (Lipinski definition) is 0. The zero-order chi connectivity index (χ0) is 21.1. The van der Waals surface area contributed by atoms with Gasteiger partial charge in [0.05, 0.1) is 0 Å². The molecule has 0 bridgehead atoms. The highest BCUT2D eigenvalue weighted by Gasteiger charge is 2.04. The molecule has 0 amide bonds. The molecular weight excluding hydrogens is 336 g/mol. The zero-order valence-corrected chi connectivity index (χ0v) is 17.8. The molecule has 1 aromatic carbocycles. The molecule has 0 radical (unpaired) electrons. The predicted octanol–water partition coefficient (Wildman–Crippen LogP) is 8.43. The molecule has 0 saturated carbocycles. The van der Waals surface area contributed by atoms with E-state index in [0.717, 1.165) is 39.0 Å². The lowest BCUT2D eigenvalue weighted by atomic mass is 9.95. The predicted molar refractivity (Wildman–Crippen MR) is 129 cm³/mol. The van der Waals surface area contributed by atoms with E-state index < -0.39 is 0 Å². The Balaban J connectivity index is 3.26. The van der Waals surface area contributed by atoms with Gasteiger partial charge in [-0.25, -0.2) is 0 Å². The Morgan fingerprint density at radius 1 is 0.821 bits per heavy atom. The van der Waals surface area contributed by atoms with Crippen LogP contribution in [0.1, 0.15) is 38.8 Å². The van der Waals surface area contributed by atoms with Crippen LogP contribution in [0.5, 0.6) is 0 Å². The van der Waals surface area contributed by atoms with Crippen molar-refractivity contribution in [3.8, 4) is 0 Å². The largest absolute Gasteiger partial charge is 0.0991 e. The molecule has 0 nitrogen and oxygen atoms in total. The van der Waals surface area contributed by atoms with Gasteiger partial charge in [-0.15, -0.1) is 0 Å². The highest BCUT2D eigenvalue weighted by atomic mass is 14.1. The average molecular weight is 369 g/mol. The summed E-state index contributed by atoms with van der Waals surface area (Å²) in [5, 5.41) is 0. The van der Waals surface area contributed by atoms with Gasteiger partial charge in [0.15, 0.2) is 0 Å². The normalized spacial score (nSPS) is 13.6. The van der Waals surface area contributed by atoms with Crippen LogP contribution in [0.4, 0.5) is 0 Å². The molecule has 0 saturated heterocycles. The second-order valence-corrected chi connectivity index (χ2v) is 6.60. The summed E-state index contributed by atoms with van der Waals surface area (Å²) in [5.74, 6) is 0. The minimum Gasteiger partial charge on any atom is -0.0991 e. The summed E-state index contributed by atoms with van der Waals surface area (Å²) in [6.07, 6.45) is 16.0. The Morgan fingerprint density at radius 2 is 1.43 bits per heavy atom. The van der Waals surface area contributed by atoms with E-state index >= 15 is 0 Å². The monoisotopic (exact) mass is 368 g/mol. The Morgan fingerprint density at radius 3 is 1.89 bits per heavy atom. The number of rotatable bonds is 9. The molecule has 0 aliphatic heterocycles. The lowest BCUT2D eigenvalue weighted by Gasteiger charge is -2.10. The first kappa shape index (κ1) is 22.9. The minimum atomic E-state index is 0.962. The summed E-state index contributed by atoms with van der Waals surface area (Å²) < 4.78 is 0. The van der Waals surface area contributed by atoms with Crippen molar-refractivity contribution in [1.29, 1.82) is 0 Å². The first-order valence-electron chi connectivity index (χ1n) is 9.48. The average Bonchev–Trinajstić information content (AvgIpc) is 2.71. The van der Waals surface area contributed by atoms with Crippen LogP contribution in [-0.2, 0) is 0 Å². The molecule has 28 heavy (non-hydrogen) atoms. The van der Waals surface area contributed by atoms with Gasteiger partial charge in [0.25, 0.3) is 0 Å². The van der Waals surface area contributed by atoms with Gasteiger partial charge in [-0.05, 0) is 72.8 Å². The van der Waals surface area contributed by atoms with Crippen LogP contribution < -0.4 is 0 Å². The second kappa shape index (κ2) is 11.6. The van der Waals surface area contributed by atoms with Gasteiger partial charge >= 0.3 is 0 Å². The molecule has 0 heterocycles. The molecule has 1 aromatic rings. The van der Waals surface area contributed by atoms with Crippen LogP contribution in [0.25, 0.3) is 11.1 Å². The summed E-state index contributed by atoms with van der Waals surface area (Å²) in [5.41, 5.74) is 8.79. The fourth-order valence-corrected chi connectivity index (χ4v) is 2.68. The van der Waals surface area contributed by atoms with Gasteiger partial charge in [-0.3, -0.25) is 0 Å². The van der Waals surface area contributed by atoms with Crippen molar-refractivity contribution < 1.29 is 0 Å². The van der Waals surface area contributed by atoms with Gasteiger partial charge in [0, 0.05) is 0 Å². The van der Waals surface area contributed by atoms with Crippen LogP contribution in [-0.4, -0.2) is 0 Å². The zero-order valence-electron chi connectivity index (χ0n) is 17.8. The van der Waals surface area contributed by atoms with Gasteiger partial charge in [0.1, 0.15) is 0 Å². The molecule has 0 atom stereocenters. The van der Waals surface area contributed by atoms with E-state index in [2.05, 4.69) is 88.7 Å². The summed E-state index contributed by atoms with van der Waals surface area (Å²) in [7, 11) is 0. The molecule has 0 N–H and O–H groups in total. The van der Waals surface area contributed by atoms with E-state index in [0.29, 0.717) is 0 Å². The van der Waals surface area contributed by atoms with Crippen molar-refractivity contribution in [2.75, 3.05) is 0 Å². The van der Waals surface area contributed by atoms with Crippen molar-refractivity contribution in [3.05, 3.63) is 133 Å². The van der Waals surface area contributed by atoms with Crippen molar-refractivity contribution in [1.82, 2.24) is 0 Å². The molecule has 1 rings (SSSR count). The van der Waals surface area contributed by atoms with Crippen molar-refractivity contribution in [2.45, 2.75) is 27.7 Å². The van der Waals surface area contributed by atoms with Crippen LogP contribution in [0, 0.1) is 0 Å². The van der Waals surface area contributed by atoms with E-state index in [1.54, 1.807) is 6.08 Å². The van der Waals surface area contributed by atoms with Crippen molar-refractivity contribution in [2.24, 2.45) is 0 Å². The van der Waals surface area contributed by atoms with E-state index in [1.165, 1.54) is 5.56 Å². The highest BCUT2D eigenvalue weighted by molar-refractivity contribution is 5.77. The Labute approximate surface area is 171 Å². The van der Waals surface area contributed by atoms with Gasteiger partial charge in [-0.2, -0.15) is 0 Å². The maximum atomic E-state index is 4.12. The molecule has 0 heteroatoms. The Bertz CT molecular complexity index is 888. The van der Waals surface area contributed by atoms with E-state index in [-0.39, 0.29) is 0 Å². The highest BCUT2D eigenvalue weighted by Crippen LogP contribution is 2.25. The fraction of sp³-hybridized carbons (Fsp3) is 0.143. The SMILES string of the molecule is C=C/C=C\C(=C)/C(C)=C/C(=C\C)C(/C=C)=C/C(=C\C)c1ccc(C(=C)C)cc1. The molecule has 0 aliphatic rings. The quantitative estimate of drug-likeness (QED) is 0.384. The second-order valence-electron chi connectivity index (χ2n) is 6.60. The third-order valence-corrected chi connectivity index (χ3v) is 4.51. The van der Waals surface area contributed by atoms with E-state index in [4.69, 9.17) is 0 Å². The number of allylic oxidation sites excluding steroid dienone is 14. The Hall–Kier alpha value is -3.12. The third-order valence-electron chi connectivity index (χ3n) is 4.51. The third kappa shape index (κ3) is 6.55. The van der Waals surface area contributed by atoms with Gasteiger partial charge in [0.2, 0.25) is 0 Å². The Kier molecular flexibility index (Phi) is 9.47. The van der Waals surface area contributed by atoms with Crippen molar-refractivity contribution in [3.63, 3.8) is 0 Å². The molecular formula is C28H32. The molecule has 0 aromatic heterocycles. The maximum Gasteiger partial charge on any atom is -0.0187 e. The number of benzene rings is 1. The standard InChI is InChI=1S/C28H32/c1-9-13-14-22(7)23(8)19-24(10-2)25(11-3)20-26(12-4)28-17-15-27(16-18-28)21(5)6/h9-20H,1,3,5,7H2,2,4,6,8H3/b14-13-,23-19+,24-10+,25-20+,26-12+. The summed E-state index contributed by atoms with van der Waals surface area (Å²) in [6.45, 7) is 24.0.